The molecule has 2 heterocycles. The molecule has 21 heavy (non-hydrogen) atoms. The van der Waals surface area contributed by atoms with E-state index in [1.807, 2.05) is 0 Å². The molecule has 2 rings (SSSR count). The first-order chi connectivity index (χ1) is 10.3. The highest BCUT2D eigenvalue weighted by atomic mass is 16.5. The smallest absolute Gasteiger partial charge is 0.137 e. The zero-order valence-electron chi connectivity index (χ0n) is 13.0. The van der Waals surface area contributed by atoms with Crippen LogP contribution in [0.25, 0.3) is 0 Å². The van der Waals surface area contributed by atoms with Gasteiger partial charge in [-0.15, -0.1) is 0 Å². The van der Waals surface area contributed by atoms with Gasteiger partial charge in [0, 0.05) is 25.2 Å². The molecule has 2 N–H and O–H groups in total. The van der Waals surface area contributed by atoms with E-state index in [2.05, 4.69) is 34.0 Å². The molecule has 0 aliphatic carbocycles. The van der Waals surface area contributed by atoms with Gasteiger partial charge in [0.1, 0.15) is 18.0 Å². The molecule has 1 aliphatic rings. The molecule has 0 unspecified atom stereocenters. The van der Waals surface area contributed by atoms with E-state index < -0.39 is 0 Å². The molecular weight excluding hydrogens is 268 g/mol. The average Bonchev–Trinajstić information content (AvgIpc) is 2.53. The van der Waals surface area contributed by atoms with Crippen LogP contribution in [0.5, 0.6) is 0 Å². The standard InChI is InChI=1S/C15H26N4O2/c1-3-13-14(16-4-2)17-11-18-15(13)19-7-5-12(6-8-19)21-10-9-20/h11-12,20H,3-10H2,1-2H3,(H,16,17,18). The Morgan fingerprint density at radius 2 is 2.10 bits per heavy atom. The first-order valence-electron chi connectivity index (χ1n) is 7.85. The van der Waals surface area contributed by atoms with Crippen molar-refractivity contribution in [2.24, 2.45) is 0 Å². The Bertz CT molecular complexity index is 434. The molecule has 0 bridgehead atoms. The van der Waals surface area contributed by atoms with Crippen LogP contribution in [0.15, 0.2) is 6.33 Å². The topological polar surface area (TPSA) is 70.5 Å². The minimum absolute atomic E-state index is 0.0954. The zero-order valence-corrected chi connectivity index (χ0v) is 13.0. The van der Waals surface area contributed by atoms with Crippen molar-refractivity contribution in [1.82, 2.24) is 9.97 Å². The predicted octanol–water partition coefficient (Wildman–Crippen LogP) is 1.45. The molecule has 0 spiro atoms. The summed E-state index contributed by atoms with van der Waals surface area (Å²) in [6.45, 7) is 7.48. The fourth-order valence-electron chi connectivity index (χ4n) is 2.77. The van der Waals surface area contributed by atoms with Crippen LogP contribution in [-0.4, -0.2) is 54.0 Å². The third kappa shape index (κ3) is 4.04. The van der Waals surface area contributed by atoms with Gasteiger partial charge < -0.3 is 20.1 Å². The molecule has 118 valence electrons. The Hall–Kier alpha value is -1.40. The summed E-state index contributed by atoms with van der Waals surface area (Å²) in [5, 5.41) is 12.1. The monoisotopic (exact) mass is 294 g/mol. The van der Waals surface area contributed by atoms with Crippen LogP contribution in [0.2, 0.25) is 0 Å². The lowest BCUT2D eigenvalue weighted by atomic mass is 10.1. The lowest BCUT2D eigenvalue weighted by molar-refractivity contribution is 0.0158. The highest BCUT2D eigenvalue weighted by Gasteiger charge is 2.23. The van der Waals surface area contributed by atoms with Gasteiger partial charge in [0.25, 0.3) is 0 Å². The van der Waals surface area contributed by atoms with Crippen molar-refractivity contribution in [3.05, 3.63) is 11.9 Å². The maximum atomic E-state index is 8.82. The molecule has 1 aromatic rings. The maximum absolute atomic E-state index is 8.82. The maximum Gasteiger partial charge on any atom is 0.137 e. The third-order valence-corrected chi connectivity index (χ3v) is 3.81. The molecule has 1 aliphatic heterocycles. The highest BCUT2D eigenvalue weighted by molar-refractivity contribution is 5.58. The summed E-state index contributed by atoms with van der Waals surface area (Å²) < 4.78 is 5.61. The Morgan fingerprint density at radius 3 is 2.71 bits per heavy atom. The van der Waals surface area contributed by atoms with E-state index in [9.17, 15) is 0 Å². The van der Waals surface area contributed by atoms with Crippen molar-refractivity contribution in [1.29, 1.82) is 0 Å². The van der Waals surface area contributed by atoms with Crippen LogP contribution in [-0.2, 0) is 11.2 Å². The Balaban J connectivity index is 2.04. The van der Waals surface area contributed by atoms with Gasteiger partial charge in [-0.3, -0.25) is 0 Å². The highest BCUT2D eigenvalue weighted by Crippen LogP contribution is 2.27. The van der Waals surface area contributed by atoms with Gasteiger partial charge in [-0.05, 0) is 26.2 Å². The van der Waals surface area contributed by atoms with Gasteiger partial charge >= 0.3 is 0 Å². The number of anilines is 2. The number of nitrogens with one attached hydrogen (secondary N) is 1. The van der Waals surface area contributed by atoms with E-state index in [0.717, 1.165) is 50.5 Å². The van der Waals surface area contributed by atoms with Gasteiger partial charge in [-0.1, -0.05) is 6.92 Å². The van der Waals surface area contributed by atoms with E-state index in [4.69, 9.17) is 9.84 Å². The molecule has 6 heteroatoms. The second kappa shape index (κ2) is 8.14. The van der Waals surface area contributed by atoms with E-state index in [1.54, 1.807) is 6.33 Å². The van der Waals surface area contributed by atoms with Crippen LogP contribution < -0.4 is 10.2 Å². The number of aliphatic hydroxyl groups excluding tert-OH is 1. The molecule has 0 aromatic carbocycles. The minimum atomic E-state index is 0.0954. The third-order valence-electron chi connectivity index (χ3n) is 3.81. The molecule has 1 aromatic heterocycles. The summed E-state index contributed by atoms with van der Waals surface area (Å²) >= 11 is 0. The molecule has 0 saturated carbocycles. The van der Waals surface area contributed by atoms with Crippen LogP contribution >= 0.6 is 0 Å². The van der Waals surface area contributed by atoms with E-state index in [1.165, 1.54) is 5.56 Å². The van der Waals surface area contributed by atoms with Crippen molar-refractivity contribution in [2.45, 2.75) is 39.2 Å². The van der Waals surface area contributed by atoms with Crippen molar-refractivity contribution < 1.29 is 9.84 Å². The number of hydrogen-bond acceptors (Lipinski definition) is 6. The summed E-state index contributed by atoms with van der Waals surface area (Å²) in [6.07, 6.45) is 4.77. The molecule has 0 atom stereocenters. The first-order valence-corrected chi connectivity index (χ1v) is 7.85. The molecule has 0 amide bonds. The molecule has 6 nitrogen and oxygen atoms in total. The Kier molecular flexibility index (Phi) is 6.20. The average molecular weight is 294 g/mol. The van der Waals surface area contributed by atoms with Gasteiger partial charge in [0.15, 0.2) is 0 Å². The number of piperidine rings is 1. The molecule has 1 fully saturated rings. The number of rotatable bonds is 7. The van der Waals surface area contributed by atoms with Gasteiger partial charge in [-0.25, -0.2) is 9.97 Å². The van der Waals surface area contributed by atoms with E-state index in [0.29, 0.717) is 6.61 Å². The fourth-order valence-corrected chi connectivity index (χ4v) is 2.77. The summed E-state index contributed by atoms with van der Waals surface area (Å²) in [7, 11) is 0. The Morgan fingerprint density at radius 1 is 1.33 bits per heavy atom. The normalized spacial score (nSPS) is 16.2. The zero-order chi connectivity index (χ0) is 15.1. The SMILES string of the molecule is CCNc1ncnc(N2CCC(OCCO)CC2)c1CC. The van der Waals surface area contributed by atoms with Gasteiger partial charge in [0.05, 0.1) is 19.3 Å². The second-order valence-corrected chi connectivity index (χ2v) is 5.19. The first kappa shape index (κ1) is 16.0. The number of nitrogens with zero attached hydrogens (tertiary/aromatic N) is 3. The predicted molar refractivity (Wildman–Crippen MR) is 83.8 cm³/mol. The van der Waals surface area contributed by atoms with Crippen molar-refractivity contribution >= 4 is 11.6 Å². The van der Waals surface area contributed by atoms with E-state index in [-0.39, 0.29) is 12.7 Å². The lowest BCUT2D eigenvalue weighted by Gasteiger charge is -2.33. The molecule has 0 radical (unpaired) electrons. The van der Waals surface area contributed by atoms with Crippen LogP contribution in [0.4, 0.5) is 11.6 Å². The quantitative estimate of drug-likeness (QED) is 0.793. The minimum Gasteiger partial charge on any atom is -0.394 e. The van der Waals surface area contributed by atoms with Crippen LogP contribution in [0, 0.1) is 0 Å². The molecule has 1 saturated heterocycles. The van der Waals surface area contributed by atoms with Crippen molar-refractivity contribution in [3.8, 4) is 0 Å². The van der Waals surface area contributed by atoms with Gasteiger partial charge in [-0.2, -0.15) is 0 Å². The largest absolute Gasteiger partial charge is 0.394 e. The number of aromatic nitrogens is 2. The fraction of sp³-hybridized carbons (Fsp3) is 0.733. The van der Waals surface area contributed by atoms with E-state index >= 15 is 0 Å². The Labute approximate surface area is 126 Å². The number of hydrogen-bond donors (Lipinski definition) is 2. The number of aliphatic hydroxyl groups is 1. The van der Waals surface area contributed by atoms with Crippen molar-refractivity contribution in [2.75, 3.05) is 43.1 Å². The summed E-state index contributed by atoms with van der Waals surface area (Å²) in [6, 6.07) is 0. The summed E-state index contributed by atoms with van der Waals surface area (Å²) in [4.78, 5) is 11.2. The summed E-state index contributed by atoms with van der Waals surface area (Å²) in [5.74, 6) is 1.99. The molecular formula is C15H26N4O2. The second-order valence-electron chi connectivity index (χ2n) is 5.19. The van der Waals surface area contributed by atoms with Crippen LogP contribution in [0.3, 0.4) is 0 Å². The van der Waals surface area contributed by atoms with Gasteiger partial charge in [0.2, 0.25) is 0 Å². The lowest BCUT2D eigenvalue weighted by Crippen LogP contribution is -2.38. The van der Waals surface area contributed by atoms with Crippen molar-refractivity contribution in [3.63, 3.8) is 0 Å². The van der Waals surface area contributed by atoms with Crippen LogP contribution in [0.1, 0.15) is 32.3 Å². The summed E-state index contributed by atoms with van der Waals surface area (Å²) in [5.41, 5.74) is 1.19. The number of ether oxygens (including phenoxy) is 1.